The van der Waals surface area contributed by atoms with E-state index in [1.807, 2.05) is 25.1 Å². The molecule has 2 saturated heterocycles. The Morgan fingerprint density at radius 3 is 2.60 bits per heavy atom. The second-order valence-electron chi connectivity index (χ2n) is 10.3. The number of benzene rings is 1. The number of halogens is 3. The van der Waals surface area contributed by atoms with E-state index in [9.17, 15) is 26.4 Å². The van der Waals surface area contributed by atoms with Gasteiger partial charge in [-0.3, -0.25) is 4.79 Å². The van der Waals surface area contributed by atoms with E-state index in [2.05, 4.69) is 25.5 Å². The lowest BCUT2D eigenvalue weighted by atomic mass is 10.1. The van der Waals surface area contributed by atoms with Crippen molar-refractivity contribution in [2.45, 2.75) is 30.5 Å². The monoisotopic (exact) mass is 622 g/mol. The fourth-order valence-corrected chi connectivity index (χ4v) is 8.17. The van der Waals surface area contributed by atoms with Crippen molar-refractivity contribution in [2.75, 3.05) is 61.9 Å². The Morgan fingerprint density at radius 2 is 1.93 bits per heavy atom. The van der Waals surface area contributed by atoms with Crippen LogP contribution in [0.15, 0.2) is 35.4 Å². The molecule has 3 aromatic rings. The van der Waals surface area contributed by atoms with Gasteiger partial charge < -0.3 is 25.2 Å². The lowest BCUT2D eigenvalue weighted by Crippen LogP contribution is -2.52. The van der Waals surface area contributed by atoms with Crippen LogP contribution in [-0.2, 0) is 27.2 Å². The molecule has 3 aliphatic rings. The van der Waals surface area contributed by atoms with Crippen LogP contribution in [0.4, 0.5) is 30.5 Å². The summed E-state index contributed by atoms with van der Waals surface area (Å²) in [5.74, 6) is -0.937. The zero-order valence-electron chi connectivity index (χ0n) is 22.7. The fourth-order valence-electron chi connectivity index (χ4n) is 5.26. The summed E-state index contributed by atoms with van der Waals surface area (Å²) < 4.78 is 73.7. The van der Waals surface area contributed by atoms with Crippen LogP contribution in [0.2, 0.25) is 0 Å². The predicted octanol–water partition coefficient (Wildman–Crippen LogP) is 3.57. The molecule has 2 N–H and O–H groups in total. The number of nitrogens with zero attached hydrogens (tertiary/aromatic N) is 4. The lowest BCUT2D eigenvalue weighted by Gasteiger charge is -2.36. The molecule has 10 nitrogen and oxygen atoms in total. The predicted molar refractivity (Wildman–Crippen MR) is 152 cm³/mol. The van der Waals surface area contributed by atoms with E-state index in [0.29, 0.717) is 29.6 Å². The molecule has 3 aliphatic heterocycles. The van der Waals surface area contributed by atoms with Crippen LogP contribution in [0.25, 0.3) is 10.6 Å². The Kier molecular flexibility index (Phi) is 7.62. The van der Waals surface area contributed by atoms with Crippen molar-refractivity contribution >= 4 is 44.4 Å². The molecule has 0 aliphatic carbocycles. The van der Waals surface area contributed by atoms with Crippen molar-refractivity contribution in [1.29, 1.82) is 0 Å². The molecule has 5 heterocycles. The average molecular weight is 623 g/mol. The minimum atomic E-state index is -4.81. The van der Waals surface area contributed by atoms with Gasteiger partial charge >= 0.3 is 6.18 Å². The molecular weight excluding hydrogens is 593 g/mol. The number of aryl methyl sites for hydroxylation is 1. The van der Waals surface area contributed by atoms with Crippen molar-refractivity contribution in [3.8, 4) is 10.6 Å². The van der Waals surface area contributed by atoms with Gasteiger partial charge in [-0.1, -0.05) is 6.92 Å². The number of sulfone groups is 1. The van der Waals surface area contributed by atoms with Gasteiger partial charge in [-0.15, -0.1) is 11.3 Å². The number of amides is 1. The maximum atomic E-state index is 14.1. The summed E-state index contributed by atoms with van der Waals surface area (Å²) in [5, 5.41) is 6.37. The number of thiophene rings is 1. The summed E-state index contributed by atoms with van der Waals surface area (Å²) in [4.78, 5) is 24.7. The lowest BCUT2D eigenvalue weighted by molar-refractivity contribution is -0.137. The minimum Gasteiger partial charge on any atom is -0.377 e. The number of alkyl halides is 3. The van der Waals surface area contributed by atoms with Crippen molar-refractivity contribution in [1.82, 2.24) is 20.2 Å². The zero-order valence-corrected chi connectivity index (χ0v) is 24.3. The SMILES string of the molecule is CCc1cc(N2CCNCC2)ccc1Nc1ncc(C(F)(F)F)c(-c2cc3c(s2)C(=O)N(C2COC2)CCS3(=O)=O)n1. The van der Waals surface area contributed by atoms with E-state index < -0.39 is 33.2 Å². The maximum Gasteiger partial charge on any atom is 0.420 e. The molecule has 6 rings (SSSR count). The van der Waals surface area contributed by atoms with Crippen LogP contribution in [0.5, 0.6) is 0 Å². The van der Waals surface area contributed by atoms with Crippen molar-refractivity contribution < 1.29 is 31.1 Å². The Morgan fingerprint density at radius 1 is 1.17 bits per heavy atom. The van der Waals surface area contributed by atoms with Crippen molar-refractivity contribution in [2.24, 2.45) is 0 Å². The Hall–Kier alpha value is -3.27. The molecule has 0 radical (unpaired) electrons. The molecule has 0 saturated carbocycles. The number of rotatable bonds is 6. The summed E-state index contributed by atoms with van der Waals surface area (Å²) in [6.07, 6.45) is -3.46. The number of carbonyl (C=O) groups excluding carboxylic acids is 1. The molecule has 0 spiro atoms. The third kappa shape index (κ3) is 5.45. The summed E-state index contributed by atoms with van der Waals surface area (Å²) in [6, 6.07) is 6.72. The van der Waals surface area contributed by atoms with Crippen LogP contribution in [0, 0.1) is 0 Å². The van der Waals surface area contributed by atoms with E-state index in [1.54, 1.807) is 0 Å². The number of carbonyl (C=O) groups is 1. The normalized spacial score (nSPS) is 19.3. The van der Waals surface area contributed by atoms with Gasteiger partial charge in [0.2, 0.25) is 5.95 Å². The molecule has 42 heavy (non-hydrogen) atoms. The molecule has 0 bridgehead atoms. The molecule has 0 atom stereocenters. The number of fused-ring (bicyclic) bond motifs is 1. The molecule has 2 fully saturated rings. The highest BCUT2D eigenvalue weighted by molar-refractivity contribution is 7.91. The van der Waals surface area contributed by atoms with Gasteiger partial charge in [0.15, 0.2) is 9.84 Å². The summed E-state index contributed by atoms with van der Waals surface area (Å²) in [6.45, 7) is 6.06. The van der Waals surface area contributed by atoms with E-state index in [4.69, 9.17) is 4.74 Å². The highest BCUT2D eigenvalue weighted by atomic mass is 32.2. The third-order valence-corrected chi connectivity index (χ3v) is 10.6. The number of hydrogen-bond acceptors (Lipinski definition) is 10. The number of aromatic nitrogens is 2. The molecular formula is C27H29F3N6O4S2. The van der Waals surface area contributed by atoms with Crippen molar-refractivity contribution in [3.63, 3.8) is 0 Å². The van der Waals surface area contributed by atoms with Gasteiger partial charge in [0.25, 0.3) is 5.91 Å². The smallest absolute Gasteiger partial charge is 0.377 e. The van der Waals surface area contributed by atoms with Crippen LogP contribution in [0.1, 0.15) is 27.7 Å². The Balaban J connectivity index is 1.37. The Bertz CT molecular complexity index is 1620. The van der Waals surface area contributed by atoms with E-state index in [0.717, 1.165) is 43.5 Å². The molecule has 1 amide bonds. The number of ether oxygens (including phenoxy) is 1. The summed E-state index contributed by atoms with van der Waals surface area (Å²) in [7, 11) is -3.92. The van der Waals surface area contributed by atoms with Crippen LogP contribution >= 0.6 is 11.3 Å². The van der Waals surface area contributed by atoms with Gasteiger partial charge in [0, 0.05) is 50.3 Å². The molecule has 1 aromatic carbocycles. The van der Waals surface area contributed by atoms with Gasteiger partial charge in [0.05, 0.1) is 40.5 Å². The van der Waals surface area contributed by atoms with E-state index in [1.165, 1.54) is 4.90 Å². The van der Waals surface area contributed by atoms with Gasteiger partial charge in [0.1, 0.15) is 10.4 Å². The largest absolute Gasteiger partial charge is 0.420 e. The van der Waals surface area contributed by atoms with Crippen LogP contribution in [0.3, 0.4) is 0 Å². The van der Waals surface area contributed by atoms with Crippen molar-refractivity contribution in [3.05, 3.63) is 46.5 Å². The molecule has 0 unspecified atom stereocenters. The first kappa shape index (κ1) is 28.8. The second-order valence-corrected chi connectivity index (χ2v) is 13.5. The summed E-state index contributed by atoms with van der Waals surface area (Å²) in [5.41, 5.74) is 1.04. The van der Waals surface area contributed by atoms with Crippen LogP contribution in [-0.4, -0.2) is 86.9 Å². The van der Waals surface area contributed by atoms with E-state index in [-0.39, 0.29) is 52.2 Å². The molecule has 224 valence electrons. The van der Waals surface area contributed by atoms with E-state index >= 15 is 0 Å². The quantitative estimate of drug-likeness (QED) is 0.426. The first-order valence-corrected chi connectivity index (χ1v) is 16.1. The average Bonchev–Trinajstić information content (AvgIpc) is 3.37. The van der Waals surface area contributed by atoms with Crippen LogP contribution < -0.4 is 15.5 Å². The highest BCUT2D eigenvalue weighted by Gasteiger charge is 2.41. The standard InChI is InChI=1S/C27H29F3N6O4S2/c1-2-16-11-17(35-7-5-31-6-8-35)3-4-20(16)33-26-32-13-19(27(28,29)30)23(34-26)21-12-22-24(41-21)25(37)36(18-14-40-15-18)9-10-42(22,38)39/h3-4,11-13,18,31H,2,5-10,14-15H2,1H3,(H,32,33,34). The summed E-state index contributed by atoms with van der Waals surface area (Å²) >= 11 is 0.699. The maximum absolute atomic E-state index is 14.1. The highest BCUT2D eigenvalue weighted by Crippen LogP contribution is 2.42. The fraction of sp³-hybridized carbons (Fsp3) is 0.444. The number of piperazine rings is 1. The first-order chi connectivity index (χ1) is 20.0. The number of hydrogen-bond donors (Lipinski definition) is 2. The van der Waals surface area contributed by atoms with Gasteiger partial charge in [-0.25, -0.2) is 18.4 Å². The third-order valence-electron chi connectivity index (χ3n) is 7.68. The number of anilines is 3. The molecule has 15 heteroatoms. The topological polar surface area (TPSA) is 117 Å². The second kappa shape index (κ2) is 11.1. The molecule has 2 aromatic heterocycles. The zero-order chi connectivity index (χ0) is 29.6. The first-order valence-electron chi connectivity index (χ1n) is 13.6. The Labute approximate surface area is 244 Å². The van der Waals surface area contributed by atoms with Gasteiger partial charge in [-0.05, 0) is 36.2 Å². The minimum absolute atomic E-state index is 0.00545. The number of nitrogens with one attached hydrogen (secondary N) is 2. The van der Waals surface area contributed by atoms with Gasteiger partial charge in [-0.2, -0.15) is 13.2 Å².